The predicted molar refractivity (Wildman–Crippen MR) is 75.2 cm³/mol. The van der Waals surface area contributed by atoms with E-state index in [1.54, 1.807) is 6.33 Å². The Morgan fingerprint density at radius 1 is 1.33 bits per heavy atom. The maximum Gasteiger partial charge on any atom is 0.138 e. The van der Waals surface area contributed by atoms with Crippen LogP contribution in [0.25, 0.3) is 0 Å². The van der Waals surface area contributed by atoms with Gasteiger partial charge in [-0.2, -0.15) is 5.10 Å². The van der Waals surface area contributed by atoms with E-state index in [0.717, 1.165) is 18.8 Å². The van der Waals surface area contributed by atoms with Gasteiger partial charge in [-0.15, -0.1) is 23.2 Å². The largest absolute Gasteiger partial charge is 0.250 e. The summed E-state index contributed by atoms with van der Waals surface area (Å²) in [5, 5.41) is 4.23. The smallest absolute Gasteiger partial charge is 0.138 e. The van der Waals surface area contributed by atoms with Crippen LogP contribution in [0.4, 0.5) is 0 Å². The van der Waals surface area contributed by atoms with E-state index in [0.29, 0.717) is 17.7 Å². The van der Waals surface area contributed by atoms with Crippen molar-refractivity contribution in [2.75, 3.05) is 11.8 Å². The van der Waals surface area contributed by atoms with Crippen LogP contribution in [0.3, 0.4) is 0 Å². The van der Waals surface area contributed by atoms with Gasteiger partial charge in [0.2, 0.25) is 0 Å². The third kappa shape index (κ3) is 2.67. The fourth-order valence-electron chi connectivity index (χ4n) is 3.03. The molecule has 3 nitrogen and oxygen atoms in total. The van der Waals surface area contributed by atoms with Crippen molar-refractivity contribution in [1.82, 2.24) is 14.8 Å². The van der Waals surface area contributed by atoms with Crippen molar-refractivity contribution in [3.8, 4) is 0 Å². The first kappa shape index (κ1) is 14.1. The van der Waals surface area contributed by atoms with Crippen molar-refractivity contribution < 1.29 is 0 Å². The minimum atomic E-state index is -0.0143. The van der Waals surface area contributed by atoms with Crippen LogP contribution in [0.2, 0.25) is 0 Å². The Morgan fingerprint density at radius 3 is 2.56 bits per heavy atom. The van der Waals surface area contributed by atoms with Gasteiger partial charge < -0.3 is 0 Å². The minimum absolute atomic E-state index is 0.0143. The standard InChI is InChI=1S/C13H21Cl2N3/c1-2-18-12(16-10-17-18)7-13(8-14,9-15)11-5-3-4-6-11/h10-11H,2-9H2,1H3. The average molecular weight is 290 g/mol. The molecule has 5 heteroatoms. The Balaban J connectivity index is 2.19. The van der Waals surface area contributed by atoms with E-state index in [4.69, 9.17) is 23.2 Å². The number of rotatable bonds is 6. The molecular formula is C13H21Cl2N3. The predicted octanol–water partition coefficient (Wildman–Crippen LogP) is 3.49. The molecule has 0 aromatic carbocycles. The van der Waals surface area contributed by atoms with Crippen molar-refractivity contribution in [1.29, 1.82) is 0 Å². The number of aromatic nitrogens is 3. The van der Waals surface area contributed by atoms with Crippen LogP contribution in [0.1, 0.15) is 38.4 Å². The lowest BCUT2D eigenvalue weighted by Crippen LogP contribution is -2.36. The molecule has 0 unspecified atom stereocenters. The number of hydrogen-bond donors (Lipinski definition) is 0. The van der Waals surface area contributed by atoms with Crippen LogP contribution < -0.4 is 0 Å². The molecule has 0 saturated heterocycles. The van der Waals surface area contributed by atoms with Crippen molar-refractivity contribution in [2.24, 2.45) is 11.3 Å². The second kappa shape index (κ2) is 6.25. The molecule has 0 aliphatic heterocycles. The highest BCUT2D eigenvalue weighted by Crippen LogP contribution is 2.43. The first-order valence-electron chi connectivity index (χ1n) is 6.74. The molecule has 1 aliphatic carbocycles. The second-order valence-corrected chi connectivity index (χ2v) is 5.81. The number of halogens is 2. The summed E-state index contributed by atoms with van der Waals surface area (Å²) in [5.74, 6) is 2.87. The Morgan fingerprint density at radius 2 is 2.00 bits per heavy atom. The Hall–Kier alpha value is -0.280. The van der Waals surface area contributed by atoms with E-state index >= 15 is 0 Å². The molecule has 0 atom stereocenters. The number of alkyl halides is 2. The normalized spacial score (nSPS) is 17.5. The highest BCUT2D eigenvalue weighted by atomic mass is 35.5. The molecule has 1 fully saturated rings. The van der Waals surface area contributed by atoms with Gasteiger partial charge in [0.15, 0.2) is 0 Å². The Kier molecular flexibility index (Phi) is 4.91. The Labute approximate surface area is 119 Å². The van der Waals surface area contributed by atoms with Crippen LogP contribution in [0.15, 0.2) is 6.33 Å². The quantitative estimate of drug-likeness (QED) is 0.751. The van der Waals surface area contributed by atoms with E-state index in [1.165, 1.54) is 25.7 Å². The first-order chi connectivity index (χ1) is 8.75. The molecular weight excluding hydrogens is 269 g/mol. The zero-order valence-electron chi connectivity index (χ0n) is 10.9. The fourth-order valence-corrected chi connectivity index (χ4v) is 3.95. The van der Waals surface area contributed by atoms with Gasteiger partial charge in [-0.05, 0) is 25.7 Å². The van der Waals surface area contributed by atoms with Gasteiger partial charge in [-0.1, -0.05) is 12.8 Å². The summed E-state index contributed by atoms with van der Waals surface area (Å²) in [5.41, 5.74) is -0.0143. The second-order valence-electron chi connectivity index (χ2n) is 5.28. The van der Waals surface area contributed by atoms with Gasteiger partial charge in [-0.3, -0.25) is 4.68 Å². The zero-order valence-corrected chi connectivity index (χ0v) is 12.4. The summed E-state index contributed by atoms with van der Waals surface area (Å²) in [4.78, 5) is 4.37. The molecule has 0 amide bonds. The van der Waals surface area contributed by atoms with Gasteiger partial charge in [0.1, 0.15) is 12.2 Å². The van der Waals surface area contributed by atoms with Gasteiger partial charge >= 0.3 is 0 Å². The van der Waals surface area contributed by atoms with Crippen LogP contribution in [-0.2, 0) is 13.0 Å². The van der Waals surface area contributed by atoms with E-state index in [-0.39, 0.29) is 5.41 Å². The molecule has 0 N–H and O–H groups in total. The molecule has 0 bridgehead atoms. The van der Waals surface area contributed by atoms with Crippen molar-refractivity contribution in [3.05, 3.63) is 12.2 Å². The van der Waals surface area contributed by atoms with E-state index in [9.17, 15) is 0 Å². The van der Waals surface area contributed by atoms with Crippen LogP contribution in [-0.4, -0.2) is 26.5 Å². The zero-order chi connectivity index (χ0) is 13.0. The maximum atomic E-state index is 6.28. The van der Waals surface area contributed by atoms with Crippen LogP contribution >= 0.6 is 23.2 Å². The summed E-state index contributed by atoms with van der Waals surface area (Å²) in [7, 11) is 0. The molecule has 1 aliphatic rings. The van der Waals surface area contributed by atoms with Crippen molar-refractivity contribution in [3.63, 3.8) is 0 Å². The Bertz CT molecular complexity index is 368. The average Bonchev–Trinajstić information content (AvgIpc) is 3.07. The topological polar surface area (TPSA) is 30.7 Å². The molecule has 1 heterocycles. The molecule has 18 heavy (non-hydrogen) atoms. The number of aryl methyl sites for hydroxylation is 1. The van der Waals surface area contributed by atoms with Crippen molar-refractivity contribution >= 4 is 23.2 Å². The highest BCUT2D eigenvalue weighted by Gasteiger charge is 2.40. The monoisotopic (exact) mass is 289 g/mol. The van der Waals surface area contributed by atoms with E-state index in [2.05, 4.69) is 17.0 Å². The highest BCUT2D eigenvalue weighted by molar-refractivity contribution is 6.21. The van der Waals surface area contributed by atoms with Crippen molar-refractivity contribution in [2.45, 2.75) is 45.6 Å². The summed E-state index contributed by atoms with van der Waals surface area (Å²) >= 11 is 12.6. The number of hydrogen-bond acceptors (Lipinski definition) is 2. The molecule has 1 saturated carbocycles. The fraction of sp³-hybridized carbons (Fsp3) is 0.846. The van der Waals surface area contributed by atoms with E-state index in [1.807, 2.05) is 4.68 Å². The number of nitrogens with zero attached hydrogens (tertiary/aromatic N) is 3. The van der Waals surface area contributed by atoms with Crippen LogP contribution in [0.5, 0.6) is 0 Å². The summed E-state index contributed by atoms with van der Waals surface area (Å²) in [6.07, 6.45) is 7.58. The molecule has 0 radical (unpaired) electrons. The first-order valence-corrected chi connectivity index (χ1v) is 7.81. The van der Waals surface area contributed by atoms with Gasteiger partial charge in [0, 0.05) is 30.1 Å². The molecule has 102 valence electrons. The van der Waals surface area contributed by atoms with Gasteiger partial charge in [0.25, 0.3) is 0 Å². The lowest BCUT2D eigenvalue weighted by molar-refractivity contribution is 0.217. The van der Waals surface area contributed by atoms with Gasteiger partial charge in [-0.25, -0.2) is 4.98 Å². The lowest BCUT2D eigenvalue weighted by Gasteiger charge is -2.35. The SMILES string of the molecule is CCn1ncnc1CC(CCl)(CCl)C1CCCC1. The van der Waals surface area contributed by atoms with Crippen LogP contribution in [0, 0.1) is 11.3 Å². The molecule has 2 rings (SSSR count). The van der Waals surface area contributed by atoms with Gasteiger partial charge in [0.05, 0.1) is 0 Å². The summed E-state index contributed by atoms with van der Waals surface area (Å²) in [6, 6.07) is 0. The molecule has 0 spiro atoms. The maximum absolute atomic E-state index is 6.28. The third-order valence-electron chi connectivity index (χ3n) is 4.26. The summed E-state index contributed by atoms with van der Waals surface area (Å²) in [6.45, 7) is 2.93. The lowest BCUT2D eigenvalue weighted by atomic mass is 9.74. The third-order valence-corrected chi connectivity index (χ3v) is 5.32. The minimum Gasteiger partial charge on any atom is -0.250 e. The summed E-state index contributed by atoms with van der Waals surface area (Å²) < 4.78 is 1.95. The molecule has 1 aromatic heterocycles. The van der Waals surface area contributed by atoms with E-state index < -0.39 is 0 Å². The molecule has 1 aromatic rings.